The molecule has 168 valence electrons. The molecular weight excluding hydrogens is 451 g/mol. The minimum atomic E-state index is -0.562. The first-order valence-electron chi connectivity index (χ1n) is 10.4. The van der Waals surface area contributed by atoms with Crippen LogP contribution in [0.25, 0.3) is 0 Å². The normalized spacial score (nSPS) is 12.8. The van der Waals surface area contributed by atoms with Crippen LogP contribution in [0, 0.1) is 6.92 Å². The van der Waals surface area contributed by atoms with E-state index in [1.54, 1.807) is 17.9 Å². The summed E-state index contributed by atoms with van der Waals surface area (Å²) < 4.78 is 0. The molecule has 2 amide bonds. The largest absolute Gasteiger partial charge is 0.352 e. The lowest BCUT2D eigenvalue weighted by Crippen LogP contribution is -2.50. The van der Waals surface area contributed by atoms with E-state index in [1.165, 1.54) is 11.8 Å². The van der Waals surface area contributed by atoms with E-state index >= 15 is 0 Å². The maximum Gasteiger partial charge on any atom is 0.242 e. The van der Waals surface area contributed by atoms with Crippen molar-refractivity contribution in [2.75, 3.05) is 5.75 Å². The molecule has 1 N–H and O–H groups in total. The molecule has 4 nitrogen and oxygen atoms in total. The third-order valence-corrected chi connectivity index (χ3v) is 6.85. The van der Waals surface area contributed by atoms with Crippen LogP contribution < -0.4 is 5.32 Å². The van der Waals surface area contributed by atoms with Crippen molar-refractivity contribution in [1.29, 1.82) is 0 Å². The quantitative estimate of drug-likeness (QED) is 0.462. The van der Waals surface area contributed by atoms with Crippen molar-refractivity contribution in [1.82, 2.24) is 10.2 Å². The number of nitrogens with one attached hydrogen (secondary N) is 1. The molecule has 0 aliphatic heterocycles. The third kappa shape index (κ3) is 8.06. The molecule has 0 aliphatic carbocycles. The zero-order valence-corrected chi connectivity index (χ0v) is 20.8. The van der Waals surface area contributed by atoms with Gasteiger partial charge in [-0.2, -0.15) is 0 Å². The van der Waals surface area contributed by atoms with E-state index in [0.29, 0.717) is 22.3 Å². The van der Waals surface area contributed by atoms with E-state index in [2.05, 4.69) is 5.32 Å². The standard InChI is InChI=1S/C24H30Cl2N2O2S/c1-5-17(3)27-24(30)18(4)28(13-19-8-6-16(2)7-9-19)23(29)15-31-14-20-10-11-21(25)22(26)12-20/h6-12,17-18H,5,13-15H2,1-4H3,(H,27,30). The summed E-state index contributed by atoms with van der Waals surface area (Å²) in [4.78, 5) is 27.5. The molecule has 0 saturated carbocycles. The second kappa shape index (κ2) is 12.4. The Kier molecular flexibility index (Phi) is 10.2. The Morgan fingerprint density at radius 3 is 2.29 bits per heavy atom. The van der Waals surface area contributed by atoms with Gasteiger partial charge in [-0.3, -0.25) is 9.59 Å². The lowest BCUT2D eigenvalue weighted by molar-refractivity contribution is -0.138. The maximum atomic E-state index is 13.1. The second-order valence-corrected chi connectivity index (χ2v) is 9.54. The number of halogens is 2. The molecule has 0 bridgehead atoms. The van der Waals surface area contributed by atoms with Crippen LogP contribution in [0.2, 0.25) is 10.0 Å². The van der Waals surface area contributed by atoms with Gasteiger partial charge in [-0.05, 0) is 50.5 Å². The molecule has 2 aromatic carbocycles. The molecule has 7 heteroatoms. The molecule has 2 aromatic rings. The van der Waals surface area contributed by atoms with Gasteiger partial charge in [0.15, 0.2) is 0 Å². The molecule has 2 unspecified atom stereocenters. The fourth-order valence-corrected chi connectivity index (χ4v) is 4.09. The van der Waals surface area contributed by atoms with Crippen molar-refractivity contribution in [3.63, 3.8) is 0 Å². The molecule has 0 fully saturated rings. The van der Waals surface area contributed by atoms with E-state index in [-0.39, 0.29) is 23.6 Å². The average molecular weight is 481 g/mol. The molecule has 2 atom stereocenters. The Morgan fingerprint density at radius 1 is 1.03 bits per heavy atom. The highest BCUT2D eigenvalue weighted by molar-refractivity contribution is 7.99. The van der Waals surface area contributed by atoms with Crippen molar-refractivity contribution in [2.24, 2.45) is 0 Å². The van der Waals surface area contributed by atoms with Gasteiger partial charge in [-0.1, -0.05) is 66.0 Å². The summed E-state index contributed by atoms with van der Waals surface area (Å²) in [5.41, 5.74) is 3.15. The van der Waals surface area contributed by atoms with Gasteiger partial charge in [0.05, 0.1) is 15.8 Å². The van der Waals surface area contributed by atoms with Gasteiger partial charge < -0.3 is 10.2 Å². The first kappa shape index (κ1) is 25.6. The molecule has 0 radical (unpaired) electrons. The van der Waals surface area contributed by atoms with Crippen LogP contribution in [-0.2, 0) is 21.9 Å². The highest BCUT2D eigenvalue weighted by Crippen LogP contribution is 2.25. The summed E-state index contributed by atoms with van der Waals surface area (Å²) in [6.45, 7) is 8.18. The minimum Gasteiger partial charge on any atom is -0.352 e. The minimum absolute atomic E-state index is 0.0651. The van der Waals surface area contributed by atoms with Crippen molar-refractivity contribution in [3.05, 3.63) is 69.2 Å². The van der Waals surface area contributed by atoms with Gasteiger partial charge in [0, 0.05) is 18.3 Å². The van der Waals surface area contributed by atoms with Gasteiger partial charge in [0.25, 0.3) is 0 Å². The van der Waals surface area contributed by atoms with Crippen LogP contribution >= 0.6 is 35.0 Å². The summed E-state index contributed by atoms with van der Waals surface area (Å²) in [6.07, 6.45) is 0.837. The van der Waals surface area contributed by atoms with Crippen LogP contribution in [0.1, 0.15) is 43.9 Å². The number of amides is 2. The monoisotopic (exact) mass is 480 g/mol. The lowest BCUT2D eigenvalue weighted by Gasteiger charge is -2.29. The number of rotatable bonds is 10. The Hall–Kier alpha value is -1.69. The van der Waals surface area contributed by atoms with Crippen molar-refractivity contribution in [3.8, 4) is 0 Å². The average Bonchev–Trinajstić information content (AvgIpc) is 2.75. The van der Waals surface area contributed by atoms with Crippen LogP contribution in [0.3, 0.4) is 0 Å². The zero-order chi connectivity index (χ0) is 23.0. The van der Waals surface area contributed by atoms with Gasteiger partial charge in [-0.15, -0.1) is 11.8 Å². The van der Waals surface area contributed by atoms with Gasteiger partial charge in [0.2, 0.25) is 11.8 Å². The fourth-order valence-electron chi connectivity index (χ4n) is 2.91. The SMILES string of the molecule is CCC(C)NC(=O)C(C)N(Cc1ccc(C)cc1)C(=O)CSCc1ccc(Cl)c(Cl)c1. The number of carbonyl (C=O) groups excluding carboxylic acids is 2. The van der Waals surface area contributed by atoms with Crippen LogP contribution in [0.15, 0.2) is 42.5 Å². The van der Waals surface area contributed by atoms with Crippen molar-refractivity contribution >= 4 is 46.8 Å². The predicted molar refractivity (Wildman–Crippen MR) is 132 cm³/mol. The molecule has 0 aromatic heterocycles. The Bertz CT molecular complexity index is 890. The number of benzene rings is 2. The van der Waals surface area contributed by atoms with Crippen molar-refractivity contribution in [2.45, 2.75) is 58.5 Å². The summed E-state index contributed by atoms with van der Waals surface area (Å²) in [5.74, 6) is 0.698. The van der Waals surface area contributed by atoms with Crippen molar-refractivity contribution < 1.29 is 9.59 Å². The molecule has 31 heavy (non-hydrogen) atoms. The highest BCUT2D eigenvalue weighted by Gasteiger charge is 2.26. The Labute approximate surface area is 199 Å². The predicted octanol–water partition coefficient (Wildman–Crippen LogP) is 5.87. The first-order chi connectivity index (χ1) is 14.7. The molecule has 0 saturated heterocycles. The lowest BCUT2D eigenvalue weighted by atomic mass is 10.1. The van der Waals surface area contributed by atoms with Gasteiger partial charge >= 0.3 is 0 Å². The zero-order valence-electron chi connectivity index (χ0n) is 18.5. The van der Waals surface area contributed by atoms with E-state index < -0.39 is 6.04 Å². The first-order valence-corrected chi connectivity index (χ1v) is 12.3. The smallest absolute Gasteiger partial charge is 0.242 e. The Balaban J connectivity index is 2.07. The van der Waals surface area contributed by atoms with E-state index in [0.717, 1.165) is 23.1 Å². The van der Waals surface area contributed by atoms with E-state index in [1.807, 2.05) is 57.2 Å². The van der Waals surface area contributed by atoms with E-state index in [9.17, 15) is 9.59 Å². The number of hydrogen-bond donors (Lipinski definition) is 1. The Morgan fingerprint density at radius 2 is 1.68 bits per heavy atom. The molecular formula is C24H30Cl2N2O2S. The number of aryl methyl sites for hydroxylation is 1. The number of thioether (sulfide) groups is 1. The fraction of sp³-hybridized carbons (Fsp3) is 0.417. The molecule has 0 aliphatic rings. The van der Waals surface area contributed by atoms with Gasteiger partial charge in [0.1, 0.15) is 6.04 Å². The van der Waals surface area contributed by atoms with E-state index in [4.69, 9.17) is 23.2 Å². The summed E-state index contributed by atoms with van der Waals surface area (Å²) in [5, 5.41) is 4.00. The second-order valence-electron chi connectivity index (χ2n) is 7.74. The van der Waals surface area contributed by atoms with Crippen LogP contribution in [0.5, 0.6) is 0 Å². The topological polar surface area (TPSA) is 49.4 Å². The summed E-state index contributed by atoms with van der Waals surface area (Å²) in [7, 11) is 0. The molecule has 0 spiro atoms. The summed E-state index contributed by atoms with van der Waals surface area (Å²) >= 11 is 13.5. The number of hydrogen-bond acceptors (Lipinski definition) is 3. The molecule has 2 rings (SSSR count). The third-order valence-electron chi connectivity index (χ3n) is 5.12. The maximum absolute atomic E-state index is 13.1. The summed E-state index contributed by atoms with van der Waals surface area (Å²) in [6, 6.07) is 13.0. The molecule has 0 heterocycles. The van der Waals surface area contributed by atoms with Crippen LogP contribution in [0.4, 0.5) is 0 Å². The highest BCUT2D eigenvalue weighted by atomic mass is 35.5. The number of carbonyl (C=O) groups is 2. The number of nitrogens with zero attached hydrogens (tertiary/aromatic N) is 1. The van der Waals surface area contributed by atoms with Crippen LogP contribution in [-0.4, -0.2) is 34.6 Å². The van der Waals surface area contributed by atoms with Gasteiger partial charge in [-0.25, -0.2) is 0 Å².